The van der Waals surface area contributed by atoms with E-state index >= 15 is 0 Å². The smallest absolute Gasteiger partial charge is 0.342 e. The number of aromatic nitrogens is 2. The minimum atomic E-state index is -0.465. The summed E-state index contributed by atoms with van der Waals surface area (Å²) in [6.45, 7) is 2.14. The van der Waals surface area contributed by atoms with E-state index in [4.69, 9.17) is 5.73 Å². The number of nitrogens with two attached hydrogens (primary N) is 1. The normalized spacial score (nSPS) is 10.7. The first-order valence-electron chi connectivity index (χ1n) is 5.83. The molecule has 2 aromatic rings. The lowest BCUT2D eigenvalue weighted by atomic mass is 10.3. The molecule has 1 heterocycles. The maximum Gasteiger partial charge on any atom is 0.342 e. The van der Waals surface area contributed by atoms with Crippen molar-refractivity contribution >= 4 is 23.3 Å². The van der Waals surface area contributed by atoms with Crippen LogP contribution >= 0.6 is 11.8 Å². The maximum absolute atomic E-state index is 13.3. The summed E-state index contributed by atoms with van der Waals surface area (Å²) in [5.74, 6) is 0.661. The van der Waals surface area contributed by atoms with Gasteiger partial charge in [-0.3, -0.25) is 0 Å². The predicted octanol–water partition coefficient (Wildman–Crippen LogP) is 2.61. The predicted molar refractivity (Wildman–Crippen MR) is 75.2 cm³/mol. The fraction of sp³-hybridized carbons (Fsp3) is 0.250. The highest BCUT2D eigenvalue weighted by Gasteiger charge is 2.16. The second-order valence-corrected chi connectivity index (χ2v) is 5.27. The molecule has 0 aliphatic rings. The third-order valence-electron chi connectivity index (χ3n) is 2.78. The number of imidazole rings is 1. The minimum absolute atomic E-state index is 0.0356. The van der Waals surface area contributed by atoms with Crippen molar-refractivity contribution in [2.75, 3.05) is 11.5 Å². The van der Waals surface area contributed by atoms with E-state index in [0.29, 0.717) is 18.1 Å². The number of nitro groups is 1. The molecular formula is C12H13FN4O2S. The van der Waals surface area contributed by atoms with E-state index in [1.54, 1.807) is 13.0 Å². The Morgan fingerprint density at radius 2 is 2.30 bits per heavy atom. The molecule has 0 bridgehead atoms. The Morgan fingerprint density at radius 1 is 1.55 bits per heavy atom. The highest BCUT2D eigenvalue weighted by Crippen LogP contribution is 2.23. The summed E-state index contributed by atoms with van der Waals surface area (Å²) in [7, 11) is 0. The molecule has 0 unspecified atom stereocenters. The quantitative estimate of drug-likeness (QED) is 0.396. The van der Waals surface area contributed by atoms with Gasteiger partial charge < -0.3 is 15.8 Å². The average Bonchev–Trinajstić information content (AvgIpc) is 2.76. The molecule has 0 spiro atoms. The van der Waals surface area contributed by atoms with Crippen molar-refractivity contribution in [1.82, 2.24) is 9.55 Å². The Balaban J connectivity index is 2.01. The van der Waals surface area contributed by atoms with Crippen molar-refractivity contribution < 1.29 is 9.31 Å². The van der Waals surface area contributed by atoms with Gasteiger partial charge in [0.05, 0.1) is 5.69 Å². The number of benzene rings is 1. The molecule has 0 atom stereocenters. The van der Waals surface area contributed by atoms with Crippen LogP contribution < -0.4 is 5.73 Å². The molecule has 0 radical (unpaired) electrons. The number of thioether (sulfide) groups is 1. The van der Waals surface area contributed by atoms with E-state index < -0.39 is 10.7 Å². The van der Waals surface area contributed by atoms with Gasteiger partial charge in [-0.25, -0.2) is 13.9 Å². The molecule has 0 aliphatic heterocycles. The summed E-state index contributed by atoms with van der Waals surface area (Å²) in [6, 6.07) is 4.58. The number of hydrogen-bond donors (Lipinski definition) is 1. The molecule has 0 fully saturated rings. The Bertz CT molecular complexity index is 644. The summed E-state index contributed by atoms with van der Waals surface area (Å²) in [5, 5.41) is 10.8. The lowest BCUT2D eigenvalue weighted by molar-refractivity contribution is -0.392. The van der Waals surface area contributed by atoms with E-state index in [0.717, 1.165) is 4.90 Å². The monoisotopic (exact) mass is 296 g/mol. The van der Waals surface area contributed by atoms with Crippen molar-refractivity contribution in [3.8, 4) is 0 Å². The summed E-state index contributed by atoms with van der Waals surface area (Å²) in [5.41, 5.74) is 5.50. The summed E-state index contributed by atoms with van der Waals surface area (Å²) in [4.78, 5) is 15.0. The number of nitrogens with zero attached hydrogens (tertiary/aromatic N) is 3. The van der Waals surface area contributed by atoms with E-state index in [1.165, 1.54) is 34.7 Å². The second kappa shape index (κ2) is 5.91. The minimum Gasteiger partial charge on any atom is -0.396 e. The second-order valence-electron chi connectivity index (χ2n) is 4.10. The van der Waals surface area contributed by atoms with Gasteiger partial charge in [-0.1, -0.05) is 0 Å². The first-order chi connectivity index (χ1) is 9.49. The van der Waals surface area contributed by atoms with Crippen molar-refractivity contribution in [2.45, 2.75) is 18.4 Å². The van der Waals surface area contributed by atoms with Gasteiger partial charge >= 0.3 is 5.82 Å². The highest BCUT2D eigenvalue weighted by atomic mass is 32.2. The summed E-state index contributed by atoms with van der Waals surface area (Å²) < 4.78 is 14.8. The van der Waals surface area contributed by atoms with Crippen molar-refractivity contribution in [1.29, 1.82) is 0 Å². The van der Waals surface area contributed by atoms with Crippen LogP contribution in [0.15, 0.2) is 29.3 Å². The molecule has 0 saturated heterocycles. The molecule has 8 heteroatoms. The molecular weight excluding hydrogens is 283 g/mol. The zero-order valence-corrected chi connectivity index (χ0v) is 11.6. The van der Waals surface area contributed by atoms with Crippen LogP contribution in [0.5, 0.6) is 0 Å². The van der Waals surface area contributed by atoms with E-state index in [-0.39, 0.29) is 11.5 Å². The molecule has 6 nitrogen and oxygen atoms in total. The lowest BCUT2D eigenvalue weighted by Crippen LogP contribution is -2.06. The number of nitrogen functional groups attached to an aromatic ring is 1. The third-order valence-corrected chi connectivity index (χ3v) is 3.75. The van der Waals surface area contributed by atoms with E-state index in [2.05, 4.69) is 4.98 Å². The van der Waals surface area contributed by atoms with Crippen molar-refractivity contribution in [3.05, 3.63) is 46.2 Å². The molecule has 1 aromatic heterocycles. The van der Waals surface area contributed by atoms with Gasteiger partial charge in [0.1, 0.15) is 18.6 Å². The zero-order valence-electron chi connectivity index (χ0n) is 10.7. The molecule has 0 amide bonds. The Labute approximate surface area is 119 Å². The lowest BCUT2D eigenvalue weighted by Gasteiger charge is -2.04. The summed E-state index contributed by atoms with van der Waals surface area (Å²) >= 11 is 1.40. The number of hydrogen-bond acceptors (Lipinski definition) is 5. The highest BCUT2D eigenvalue weighted by molar-refractivity contribution is 7.99. The zero-order chi connectivity index (χ0) is 14.7. The fourth-order valence-corrected chi connectivity index (χ4v) is 2.59. The Morgan fingerprint density at radius 3 is 2.95 bits per heavy atom. The molecule has 2 rings (SSSR count). The molecule has 20 heavy (non-hydrogen) atoms. The van der Waals surface area contributed by atoms with Gasteiger partial charge in [-0.2, -0.15) is 0 Å². The van der Waals surface area contributed by atoms with Crippen LogP contribution in [-0.4, -0.2) is 20.2 Å². The number of aryl methyl sites for hydroxylation is 1. The standard InChI is InChI=1S/C12H13FN4O2S/c1-8-15-7-12(17(18)19)16(8)4-5-20-9-2-3-11(14)10(13)6-9/h2-3,6-7H,4-5,14H2,1H3. The molecule has 106 valence electrons. The van der Waals surface area contributed by atoms with Crippen LogP contribution in [0.1, 0.15) is 5.82 Å². The topological polar surface area (TPSA) is 87.0 Å². The molecule has 0 aliphatic carbocycles. The van der Waals surface area contributed by atoms with Crippen LogP contribution in [0.25, 0.3) is 0 Å². The van der Waals surface area contributed by atoms with Crippen molar-refractivity contribution in [2.24, 2.45) is 0 Å². The van der Waals surface area contributed by atoms with Crippen LogP contribution in [-0.2, 0) is 6.54 Å². The van der Waals surface area contributed by atoms with Crippen molar-refractivity contribution in [3.63, 3.8) is 0 Å². The number of rotatable bonds is 5. The third kappa shape index (κ3) is 3.08. The molecule has 0 saturated carbocycles. The van der Waals surface area contributed by atoms with Gasteiger partial charge in [0.15, 0.2) is 5.82 Å². The number of halogens is 1. The largest absolute Gasteiger partial charge is 0.396 e. The molecule has 1 aromatic carbocycles. The fourth-order valence-electron chi connectivity index (χ4n) is 1.73. The van der Waals surface area contributed by atoms with Gasteiger partial charge in [0.25, 0.3) is 0 Å². The van der Waals surface area contributed by atoms with Gasteiger partial charge in [0, 0.05) is 17.6 Å². The summed E-state index contributed by atoms with van der Waals surface area (Å²) in [6.07, 6.45) is 1.24. The van der Waals surface area contributed by atoms with E-state index in [1.807, 2.05) is 0 Å². The van der Waals surface area contributed by atoms with Gasteiger partial charge in [-0.05, 0) is 23.1 Å². The molecule has 2 N–H and O–H groups in total. The first kappa shape index (κ1) is 14.3. The van der Waals surface area contributed by atoms with Crippen LogP contribution in [0, 0.1) is 22.9 Å². The van der Waals surface area contributed by atoms with Gasteiger partial charge in [0.2, 0.25) is 0 Å². The van der Waals surface area contributed by atoms with Crippen LogP contribution in [0.4, 0.5) is 15.9 Å². The SMILES string of the molecule is Cc1ncc([N+](=O)[O-])n1CCSc1ccc(N)c(F)c1. The average molecular weight is 296 g/mol. The Kier molecular flexibility index (Phi) is 4.23. The van der Waals surface area contributed by atoms with Crippen LogP contribution in [0.3, 0.4) is 0 Å². The Hall–Kier alpha value is -2.09. The van der Waals surface area contributed by atoms with Crippen LogP contribution in [0.2, 0.25) is 0 Å². The van der Waals surface area contributed by atoms with E-state index in [9.17, 15) is 14.5 Å². The first-order valence-corrected chi connectivity index (χ1v) is 6.82. The maximum atomic E-state index is 13.3. The van der Waals surface area contributed by atoms with Gasteiger partial charge in [-0.15, -0.1) is 11.8 Å². The number of anilines is 1.